The Hall–Kier alpha value is -4.26. The molecule has 174 valence electrons. The molecule has 7 heteroatoms. The van der Waals surface area contributed by atoms with Crippen LogP contribution in [0.2, 0.25) is 0 Å². The molecule has 3 aliphatic heterocycles. The van der Waals surface area contributed by atoms with Crippen molar-refractivity contribution in [2.45, 2.75) is 25.9 Å². The fourth-order valence-electron chi connectivity index (χ4n) is 5.70. The van der Waals surface area contributed by atoms with Gasteiger partial charge >= 0.3 is 0 Å². The number of fused-ring (bicyclic) bond motifs is 5. The van der Waals surface area contributed by atoms with Crippen LogP contribution in [0.1, 0.15) is 28.3 Å². The van der Waals surface area contributed by atoms with Gasteiger partial charge in [-0.1, -0.05) is 60.2 Å². The number of imide groups is 1. The number of hydrogen-bond donors (Lipinski definition) is 1. The molecule has 3 aliphatic rings. The molecule has 4 atom stereocenters. The Bertz CT molecular complexity index is 1400. The number of benzene rings is 3. The van der Waals surface area contributed by atoms with E-state index in [-0.39, 0.29) is 17.7 Å². The number of nitrogens with one attached hydrogen (secondary N) is 1. The minimum Gasteiger partial charge on any atom is -0.324 e. The summed E-state index contributed by atoms with van der Waals surface area (Å²) < 4.78 is 0. The molecule has 4 unspecified atom stereocenters. The summed E-state index contributed by atoms with van der Waals surface area (Å²) >= 11 is 0. The average Bonchev–Trinajstić information content (AvgIpc) is 3.33. The highest BCUT2D eigenvalue weighted by Crippen LogP contribution is 2.52. The lowest BCUT2D eigenvalue weighted by Crippen LogP contribution is -2.46. The van der Waals surface area contributed by atoms with E-state index < -0.39 is 23.9 Å². The second kappa shape index (κ2) is 7.91. The second-order valence-corrected chi connectivity index (χ2v) is 9.35. The number of carbonyl (C=O) groups excluding carboxylic acids is 3. The van der Waals surface area contributed by atoms with Crippen molar-refractivity contribution in [1.29, 1.82) is 0 Å². The first kappa shape index (κ1) is 21.3. The smallest absolute Gasteiger partial charge is 0.249 e. The molecular formula is C28H24N4O3. The molecule has 3 heterocycles. The predicted octanol–water partition coefficient (Wildman–Crippen LogP) is 3.82. The van der Waals surface area contributed by atoms with Crippen molar-refractivity contribution in [3.05, 3.63) is 95.1 Å². The van der Waals surface area contributed by atoms with Crippen molar-refractivity contribution in [2.75, 3.05) is 10.2 Å². The molecule has 0 radical (unpaired) electrons. The number of anilines is 2. The Morgan fingerprint density at radius 1 is 0.886 bits per heavy atom. The third-order valence-electron chi connectivity index (χ3n) is 7.20. The van der Waals surface area contributed by atoms with Crippen LogP contribution in [-0.2, 0) is 14.4 Å². The van der Waals surface area contributed by atoms with Crippen LogP contribution in [-0.4, -0.2) is 35.0 Å². The summed E-state index contributed by atoms with van der Waals surface area (Å²) in [5.41, 5.74) is 4.88. The van der Waals surface area contributed by atoms with Gasteiger partial charge in [-0.15, -0.1) is 0 Å². The van der Waals surface area contributed by atoms with Crippen LogP contribution < -0.4 is 10.2 Å². The first-order chi connectivity index (χ1) is 17.0. The van der Waals surface area contributed by atoms with Gasteiger partial charge in [0.1, 0.15) is 6.04 Å². The summed E-state index contributed by atoms with van der Waals surface area (Å²) in [7, 11) is 0. The van der Waals surface area contributed by atoms with Gasteiger partial charge in [0.2, 0.25) is 17.7 Å². The number of aryl methyl sites for hydroxylation is 2. The van der Waals surface area contributed by atoms with E-state index in [0.29, 0.717) is 11.4 Å². The van der Waals surface area contributed by atoms with Crippen molar-refractivity contribution in [1.82, 2.24) is 5.01 Å². The van der Waals surface area contributed by atoms with Crippen LogP contribution in [0.15, 0.2) is 77.9 Å². The standard InChI is InChI=1S/C28H24N4O3/c1-16-12-13-21(17(2)14-16)31-27(34)22-23(28(31)35)25(26(33)30-19-9-4-3-5-10-19)32-24(22)20-11-7-6-8-18(20)15-29-32/h3-15,22-25H,1-2H3,(H,30,33). The highest BCUT2D eigenvalue weighted by molar-refractivity contribution is 6.24. The van der Waals surface area contributed by atoms with Gasteiger partial charge in [0.05, 0.1) is 29.8 Å². The highest BCUT2D eigenvalue weighted by atomic mass is 16.2. The van der Waals surface area contributed by atoms with Crippen LogP contribution in [0.5, 0.6) is 0 Å². The number of nitrogens with zero attached hydrogens (tertiary/aromatic N) is 3. The average molecular weight is 465 g/mol. The lowest BCUT2D eigenvalue weighted by molar-refractivity contribution is -0.129. The topological polar surface area (TPSA) is 82.1 Å². The van der Waals surface area contributed by atoms with Crippen molar-refractivity contribution >= 4 is 35.3 Å². The summed E-state index contributed by atoms with van der Waals surface area (Å²) in [4.78, 5) is 42.7. The molecule has 0 spiro atoms. The van der Waals surface area contributed by atoms with Crippen LogP contribution in [0.4, 0.5) is 11.4 Å². The zero-order valence-electron chi connectivity index (χ0n) is 19.4. The van der Waals surface area contributed by atoms with E-state index in [2.05, 4.69) is 10.4 Å². The molecule has 0 bridgehead atoms. The Labute approximate surface area is 203 Å². The maximum atomic E-state index is 13.9. The fraction of sp³-hybridized carbons (Fsp3) is 0.214. The first-order valence-corrected chi connectivity index (χ1v) is 11.7. The number of hydrogen-bond acceptors (Lipinski definition) is 5. The number of para-hydroxylation sites is 1. The van der Waals surface area contributed by atoms with Gasteiger partial charge in [-0.2, -0.15) is 5.10 Å². The zero-order chi connectivity index (χ0) is 24.3. The predicted molar refractivity (Wildman–Crippen MR) is 133 cm³/mol. The first-order valence-electron chi connectivity index (χ1n) is 11.7. The number of hydrazone groups is 1. The highest BCUT2D eigenvalue weighted by Gasteiger charge is 2.65. The maximum Gasteiger partial charge on any atom is 0.249 e. The van der Waals surface area contributed by atoms with Crippen molar-refractivity contribution in [3.63, 3.8) is 0 Å². The van der Waals surface area contributed by atoms with Crippen LogP contribution in [0.25, 0.3) is 0 Å². The third kappa shape index (κ3) is 3.19. The Morgan fingerprint density at radius 3 is 2.37 bits per heavy atom. The summed E-state index contributed by atoms with van der Waals surface area (Å²) in [6.07, 6.45) is 1.70. The molecule has 6 rings (SSSR count). The molecule has 0 aromatic heterocycles. The number of carbonyl (C=O) groups is 3. The SMILES string of the molecule is Cc1ccc(N2C(=O)C3C(C2=O)C2c4ccccc4C=NN2C3C(=O)Nc2ccccc2)c(C)c1. The molecule has 3 aromatic carbocycles. The van der Waals surface area contributed by atoms with E-state index in [4.69, 9.17) is 0 Å². The molecule has 1 N–H and O–H groups in total. The quantitative estimate of drug-likeness (QED) is 0.598. The Morgan fingerprint density at radius 2 is 1.60 bits per heavy atom. The number of rotatable bonds is 3. The van der Waals surface area contributed by atoms with Crippen LogP contribution in [0, 0.1) is 25.7 Å². The van der Waals surface area contributed by atoms with E-state index in [0.717, 1.165) is 22.3 Å². The lowest BCUT2D eigenvalue weighted by atomic mass is 9.85. The van der Waals surface area contributed by atoms with Crippen molar-refractivity contribution in [3.8, 4) is 0 Å². The Kier molecular flexibility index (Phi) is 4.81. The summed E-state index contributed by atoms with van der Waals surface area (Å²) in [6.45, 7) is 3.86. The molecule has 7 nitrogen and oxygen atoms in total. The maximum absolute atomic E-state index is 13.9. The third-order valence-corrected chi connectivity index (χ3v) is 7.20. The normalized spacial score (nSPS) is 24.3. The van der Waals surface area contributed by atoms with E-state index >= 15 is 0 Å². The largest absolute Gasteiger partial charge is 0.324 e. The second-order valence-electron chi connectivity index (χ2n) is 9.35. The van der Waals surface area contributed by atoms with Gasteiger partial charge in [-0.05, 0) is 48.7 Å². The minimum absolute atomic E-state index is 0.288. The molecule has 0 saturated carbocycles. The van der Waals surface area contributed by atoms with Gasteiger partial charge in [-0.3, -0.25) is 19.4 Å². The monoisotopic (exact) mass is 464 g/mol. The molecule has 2 saturated heterocycles. The molecule has 3 aromatic rings. The van der Waals surface area contributed by atoms with E-state index in [9.17, 15) is 14.4 Å². The summed E-state index contributed by atoms with van der Waals surface area (Å²) in [6, 6.07) is 21.1. The molecular weight excluding hydrogens is 440 g/mol. The van der Waals surface area contributed by atoms with Gasteiger partial charge in [0.15, 0.2) is 0 Å². The van der Waals surface area contributed by atoms with E-state index in [1.807, 2.05) is 74.5 Å². The Balaban J connectivity index is 1.46. The molecule has 0 aliphatic carbocycles. The number of amides is 3. The lowest BCUT2D eigenvalue weighted by Gasteiger charge is -2.33. The van der Waals surface area contributed by atoms with Gasteiger partial charge in [0.25, 0.3) is 0 Å². The molecule has 2 fully saturated rings. The fourth-order valence-corrected chi connectivity index (χ4v) is 5.70. The summed E-state index contributed by atoms with van der Waals surface area (Å²) in [5.74, 6) is -2.56. The van der Waals surface area contributed by atoms with Gasteiger partial charge in [0, 0.05) is 5.69 Å². The zero-order valence-corrected chi connectivity index (χ0v) is 19.4. The van der Waals surface area contributed by atoms with Crippen LogP contribution in [0.3, 0.4) is 0 Å². The van der Waals surface area contributed by atoms with Crippen molar-refractivity contribution < 1.29 is 14.4 Å². The van der Waals surface area contributed by atoms with Gasteiger partial charge in [-0.25, -0.2) is 4.90 Å². The van der Waals surface area contributed by atoms with Crippen molar-refractivity contribution in [2.24, 2.45) is 16.9 Å². The minimum atomic E-state index is -0.915. The van der Waals surface area contributed by atoms with E-state index in [1.165, 1.54) is 4.90 Å². The van der Waals surface area contributed by atoms with Gasteiger partial charge < -0.3 is 5.32 Å². The summed E-state index contributed by atoms with van der Waals surface area (Å²) in [5, 5.41) is 9.16. The molecule has 35 heavy (non-hydrogen) atoms. The van der Waals surface area contributed by atoms with Crippen LogP contribution >= 0.6 is 0 Å². The molecule has 3 amide bonds. The van der Waals surface area contributed by atoms with E-state index in [1.54, 1.807) is 23.4 Å².